The molecule has 0 radical (unpaired) electrons. The quantitative estimate of drug-likeness (QED) is 0.787. The highest BCUT2D eigenvalue weighted by molar-refractivity contribution is 7.86. The van der Waals surface area contributed by atoms with Gasteiger partial charge in [-0.3, -0.25) is 0 Å². The van der Waals surface area contributed by atoms with Crippen LogP contribution in [-0.4, -0.2) is 67.7 Å². The Morgan fingerprint density at radius 1 is 1.00 bits per heavy atom. The van der Waals surface area contributed by atoms with Crippen LogP contribution in [0.15, 0.2) is 22.8 Å². The van der Waals surface area contributed by atoms with E-state index in [1.807, 2.05) is 12.1 Å². The minimum atomic E-state index is -3.22. The van der Waals surface area contributed by atoms with Gasteiger partial charge in [0.1, 0.15) is 5.76 Å². The van der Waals surface area contributed by atoms with E-state index in [0.717, 1.165) is 51.1 Å². The molecule has 3 heterocycles. The number of aryl methyl sites for hydroxylation is 1. The summed E-state index contributed by atoms with van der Waals surface area (Å²) in [7, 11) is -3.22. The van der Waals surface area contributed by atoms with E-state index in [4.69, 9.17) is 4.42 Å². The molecule has 0 amide bonds. The van der Waals surface area contributed by atoms with E-state index in [0.29, 0.717) is 26.2 Å². The Hall–Kier alpha value is -0.890. The van der Waals surface area contributed by atoms with Gasteiger partial charge in [-0.15, -0.1) is 0 Å². The first-order valence-electron chi connectivity index (χ1n) is 8.16. The predicted octanol–water partition coefficient (Wildman–Crippen LogP) is 1.17. The van der Waals surface area contributed by atoms with E-state index in [2.05, 4.69) is 4.90 Å². The fourth-order valence-electron chi connectivity index (χ4n) is 3.20. The van der Waals surface area contributed by atoms with Gasteiger partial charge < -0.3 is 9.32 Å². The number of rotatable bonds is 6. The summed E-state index contributed by atoms with van der Waals surface area (Å²) in [5, 5.41) is 0. The van der Waals surface area contributed by atoms with Gasteiger partial charge in [-0.2, -0.15) is 17.0 Å². The zero-order valence-corrected chi connectivity index (χ0v) is 13.8. The molecule has 1 aromatic rings. The van der Waals surface area contributed by atoms with Crippen LogP contribution >= 0.6 is 0 Å². The maximum Gasteiger partial charge on any atom is 0.282 e. The highest BCUT2D eigenvalue weighted by Crippen LogP contribution is 2.18. The summed E-state index contributed by atoms with van der Waals surface area (Å²) in [6.45, 7) is 5.24. The number of nitrogens with zero attached hydrogens (tertiary/aromatic N) is 3. The standard InChI is InChI=1S/C15H25N3O3S/c19-22(20,17-8-1-2-9-17)18-12-10-16(11-13-18)7-3-5-15-6-4-14-21-15/h4,6,14H,1-3,5,7-13H2. The van der Waals surface area contributed by atoms with Crippen molar-refractivity contribution in [3.8, 4) is 0 Å². The summed E-state index contributed by atoms with van der Waals surface area (Å²) in [5.74, 6) is 1.02. The maximum atomic E-state index is 12.5. The highest BCUT2D eigenvalue weighted by Gasteiger charge is 2.33. The highest BCUT2D eigenvalue weighted by atomic mass is 32.2. The molecular formula is C15H25N3O3S. The number of furan rings is 1. The van der Waals surface area contributed by atoms with E-state index in [-0.39, 0.29) is 0 Å². The van der Waals surface area contributed by atoms with Gasteiger partial charge in [-0.05, 0) is 37.9 Å². The molecule has 7 heteroatoms. The first-order chi connectivity index (χ1) is 10.7. The van der Waals surface area contributed by atoms with Crippen LogP contribution in [0.5, 0.6) is 0 Å². The number of hydrogen-bond donors (Lipinski definition) is 0. The van der Waals surface area contributed by atoms with Gasteiger partial charge in [-0.1, -0.05) is 0 Å². The monoisotopic (exact) mass is 327 g/mol. The number of piperazine rings is 1. The van der Waals surface area contributed by atoms with Crippen LogP contribution in [0.1, 0.15) is 25.0 Å². The third kappa shape index (κ3) is 3.71. The normalized spacial score (nSPS) is 22.4. The van der Waals surface area contributed by atoms with Crippen molar-refractivity contribution >= 4 is 10.2 Å². The summed E-state index contributed by atoms with van der Waals surface area (Å²) in [6.07, 6.45) is 5.68. The van der Waals surface area contributed by atoms with Gasteiger partial charge in [0.2, 0.25) is 0 Å². The van der Waals surface area contributed by atoms with Crippen LogP contribution in [0.25, 0.3) is 0 Å². The van der Waals surface area contributed by atoms with Crippen molar-refractivity contribution in [1.82, 2.24) is 13.5 Å². The van der Waals surface area contributed by atoms with Gasteiger partial charge >= 0.3 is 0 Å². The van der Waals surface area contributed by atoms with Crippen molar-refractivity contribution in [3.05, 3.63) is 24.2 Å². The van der Waals surface area contributed by atoms with E-state index in [1.54, 1.807) is 14.9 Å². The van der Waals surface area contributed by atoms with Gasteiger partial charge in [0.15, 0.2) is 0 Å². The van der Waals surface area contributed by atoms with Crippen molar-refractivity contribution in [1.29, 1.82) is 0 Å². The van der Waals surface area contributed by atoms with Gasteiger partial charge in [0.05, 0.1) is 6.26 Å². The average molecular weight is 327 g/mol. The minimum Gasteiger partial charge on any atom is -0.469 e. The Morgan fingerprint density at radius 2 is 1.68 bits per heavy atom. The topological polar surface area (TPSA) is 57.0 Å². The smallest absolute Gasteiger partial charge is 0.282 e. The molecule has 0 aromatic carbocycles. The molecule has 0 atom stereocenters. The van der Waals surface area contributed by atoms with Gasteiger partial charge in [0.25, 0.3) is 10.2 Å². The summed E-state index contributed by atoms with van der Waals surface area (Å²) < 4.78 is 33.6. The largest absolute Gasteiger partial charge is 0.469 e. The predicted molar refractivity (Wildman–Crippen MR) is 84.8 cm³/mol. The molecule has 0 unspecified atom stereocenters. The molecule has 0 saturated carbocycles. The lowest BCUT2D eigenvalue weighted by atomic mass is 10.2. The van der Waals surface area contributed by atoms with Crippen LogP contribution in [0.4, 0.5) is 0 Å². The van der Waals surface area contributed by atoms with Crippen LogP contribution < -0.4 is 0 Å². The second kappa shape index (κ2) is 7.12. The van der Waals surface area contributed by atoms with Crippen LogP contribution in [0.2, 0.25) is 0 Å². The third-order valence-corrected chi connectivity index (χ3v) is 6.56. The average Bonchev–Trinajstić information content (AvgIpc) is 3.21. The van der Waals surface area contributed by atoms with Crippen LogP contribution in [0.3, 0.4) is 0 Å². The Bertz CT molecular complexity index is 545. The molecule has 124 valence electrons. The third-order valence-electron chi connectivity index (χ3n) is 4.53. The maximum absolute atomic E-state index is 12.5. The summed E-state index contributed by atoms with van der Waals surface area (Å²) >= 11 is 0. The lowest BCUT2D eigenvalue weighted by Gasteiger charge is -2.35. The Kier molecular flexibility index (Phi) is 5.18. The lowest BCUT2D eigenvalue weighted by Crippen LogP contribution is -2.52. The summed E-state index contributed by atoms with van der Waals surface area (Å²) in [6, 6.07) is 3.91. The van der Waals surface area contributed by atoms with E-state index >= 15 is 0 Å². The first-order valence-corrected chi connectivity index (χ1v) is 9.56. The second-order valence-electron chi connectivity index (χ2n) is 6.04. The molecule has 22 heavy (non-hydrogen) atoms. The zero-order chi connectivity index (χ0) is 15.4. The SMILES string of the molecule is O=S(=O)(N1CCCC1)N1CCN(CCCc2ccco2)CC1. The molecule has 0 aliphatic carbocycles. The van der Waals surface area contributed by atoms with Crippen molar-refractivity contribution in [2.75, 3.05) is 45.8 Å². The van der Waals surface area contributed by atoms with Crippen molar-refractivity contribution in [2.24, 2.45) is 0 Å². The molecular weight excluding hydrogens is 302 g/mol. The minimum absolute atomic E-state index is 0.611. The van der Waals surface area contributed by atoms with Crippen LogP contribution in [0, 0.1) is 0 Å². The summed E-state index contributed by atoms with van der Waals surface area (Å²) in [4.78, 5) is 2.35. The van der Waals surface area contributed by atoms with E-state index in [9.17, 15) is 8.42 Å². The molecule has 0 bridgehead atoms. The molecule has 3 rings (SSSR count). The van der Waals surface area contributed by atoms with E-state index in [1.165, 1.54) is 0 Å². The summed E-state index contributed by atoms with van der Waals surface area (Å²) in [5.41, 5.74) is 0. The molecule has 2 aliphatic heterocycles. The Labute approximate surface area is 132 Å². The fourth-order valence-corrected chi connectivity index (χ4v) is 4.87. The van der Waals surface area contributed by atoms with Crippen molar-refractivity contribution < 1.29 is 12.8 Å². The first kappa shape index (κ1) is 16.0. The number of hydrogen-bond acceptors (Lipinski definition) is 4. The zero-order valence-electron chi connectivity index (χ0n) is 13.0. The molecule has 0 N–H and O–H groups in total. The van der Waals surface area contributed by atoms with Gasteiger partial charge in [-0.25, -0.2) is 0 Å². The van der Waals surface area contributed by atoms with E-state index < -0.39 is 10.2 Å². The lowest BCUT2D eigenvalue weighted by molar-refractivity contribution is 0.180. The van der Waals surface area contributed by atoms with Crippen LogP contribution in [-0.2, 0) is 16.6 Å². The van der Waals surface area contributed by atoms with Crippen molar-refractivity contribution in [2.45, 2.75) is 25.7 Å². The molecule has 0 spiro atoms. The van der Waals surface area contributed by atoms with Gasteiger partial charge in [0, 0.05) is 45.7 Å². The van der Waals surface area contributed by atoms with Crippen molar-refractivity contribution in [3.63, 3.8) is 0 Å². The molecule has 2 saturated heterocycles. The Balaban J connectivity index is 1.42. The molecule has 1 aromatic heterocycles. The Morgan fingerprint density at radius 3 is 2.32 bits per heavy atom. The molecule has 2 fully saturated rings. The fraction of sp³-hybridized carbons (Fsp3) is 0.733. The molecule has 6 nitrogen and oxygen atoms in total. The molecule has 2 aliphatic rings. The second-order valence-corrected chi connectivity index (χ2v) is 7.97.